The lowest BCUT2D eigenvalue weighted by Crippen LogP contribution is -2.26. The minimum atomic E-state index is -0.0606. The summed E-state index contributed by atoms with van der Waals surface area (Å²) in [6.45, 7) is 7.89. The Morgan fingerprint density at radius 1 is 0.969 bits per heavy atom. The minimum absolute atomic E-state index is 0.0606. The van der Waals surface area contributed by atoms with Gasteiger partial charge in [-0.3, -0.25) is 4.79 Å². The summed E-state index contributed by atoms with van der Waals surface area (Å²) in [6, 6.07) is 22.0. The zero-order chi connectivity index (χ0) is 22.5. The standard InChI is InChI=1S/C27H29N3O2/c1-19-7-6-8-22(18-19)27(31)28-14-13-26-29-23-9-4-5-10-24(23)30(26)15-16-32-25-12-11-20(2)17-21(25)3/h4-12,17-18H,13-16H2,1-3H3,(H,28,31). The molecule has 1 amide bonds. The number of carbonyl (C=O) groups is 1. The summed E-state index contributed by atoms with van der Waals surface area (Å²) in [7, 11) is 0. The van der Waals surface area contributed by atoms with Crippen LogP contribution >= 0.6 is 0 Å². The van der Waals surface area contributed by atoms with Crippen LogP contribution in [0.15, 0.2) is 66.7 Å². The van der Waals surface area contributed by atoms with Crippen molar-refractivity contribution in [2.75, 3.05) is 13.2 Å². The molecule has 0 aliphatic carbocycles. The molecule has 0 spiro atoms. The van der Waals surface area contributed by atoms with Crippen molar-refractivity contribution in [1.29, 1.82) is 0 Å². The van der Waals surface area contributed by atoms with Gasteiger partial charge in [0.25, 0.3) is 5.91 Å². The molecule has 3 aromatic carbocycles. The molecule has 0 radical (unpaired) electrons. The van der Waals surface area contributed by atoms with E-state index >= 15 is 0 Å². The molecule has 0 atom stereocenters. The molecular weight excluding hydrogens is 398 g/mol. The van der Waals surface area contributed by atoms with Crippen LogP contribution in [0.2, 0.25) is 0 Å². The molecule has 0 saturated heterocycles. The molecule has 0 saturated carbocycles. The van der Waals surface area contributed by atoms with E-state index in [1.54, 1.807) is 0 Å². The zero-order valence-corrected chi connectivity index (χ0v) is 18.9. The summed E-state index contributed by atoms with van der Waals surface area (Å²) in [5, 5.41) is 3.02. The van der Waals surface area contributed by atoms with Crippen LogP contribution < -0.4 is 10.1 Å². The number of hydrogen-bond acceptors (Lipinski definition) is 3. The summed E-state index contributed by atoms with van der Waals surface area (Å²) in [5.41, 5.74) is 6.16. The van der Waals surface area contributed by atoms with Gasteiger partial charge >= 0.3 is 0 Å². The van der Waals surface area contributed by atoms with Crippen LogP contribution in [-0.4, -0.2) is 28.6 Å². The Balaban J connectivity index is 1.43. The third-order valence-electron chi connectivity index (χ3n) is 5.55. The second kappa shape index (κ2) is 9.69. The molecule has 32 heavy (non-hydrogen) atoms. The van der Waals surface area contributed by atoms with Gasteiger partial charge in [-0.2, -0.15) is 0 Å². The molecule has 1 heterocycles. The van der Waals surface area contributed by atoms with Gasteiger partial charge in [0.15, 0.2) is 0 Å². The van der Waals surface area contributed by atoms with E-state index in [1.807, 2.05) is 55.5 Å². The molecule has 4 rings (SSSR count). The van der Waals surface area contributed by atoms with Gasteiger partial charge in [-0.25, -0.2) is 4.98 Å². The number of ether oxygens (including phenoxy) is 1. The Kier molecular flexibility index (Phi) is 6.55. The first-order valence-corrected chi connectivity index (χ1v) is 11.0. The maximum absolute atomic E-state index is 12.5. The minimum Gasteiger partial charge on any atom is -0.491 e. The predicted octanol–water partition coefficient (Wildman–Crippen LogP) is 5.01. The predicted molar refractivity (Wildman–Crippen MR) is 128 cm³/mol. The van der Waals surface area contributed by atoms with E-state index in [2.05, 4.69) is 41.9 Å². The topological polar surface area (TPSA) is 56.2 Å². The van der Waals surface area contributed by atoms with Gasteiger partial charge in [-0.05, 0) is 56.7 Å². The van der Waals surface area contributed by atoms with Crippen molar-refractivity contribution < 1.29 is 9.53 Å². The first kappa shape index (κ1) is 21.6. The van der Waals surface area contributed by atoms with E-state index in [-0.39, 0.29) is 5.91 Å². The first-order valence-electron chi connectivity index (χ1n) is 11.0. The van der Waals surface area contributed by atoms with Crippen molar-refractivity contribution in [3.05, 3.63) is 94.8 Å². The van der Waals surface area contributed by atoms with Crippen molar-refractivity contribution in [2.24, 2.45) is 0 Å². The van der Waals surface area contributed by atoms with Crippen molar-refractivity contribution >= 4 is 16.9 Å². The normalized spacial score (nSPS) is 11.0. The molecule has 0 fully saturated rings. The summed E-state index contributed by atoms with van der Waals surface area (Å²) in [5.74, 6) is 1.79. The number of nitrogens with one attached hydrogen (secondary N) is 1. The average molecular weight is 428 g/mol. The lowest BCUT2D eigenvalue weighted by Gasteiger charge is -2.13. The largest absolute Gasteiger partial charge is 0.491 e. The number of amides is 1. The number of hydrogen-bond donors (Lipinski definition) is 1. The number of benzene rings is 3. The highest BCUT2D eigenvalue weighted by Gasteiger charge is 2.12. The van der Waals surface area contributed by atoms with Crippen molar-refractivity contribution in [3.8, 4) is 5.75 Å². The lowest BCUT2D eigenvalue weighted by molar-refractivity contribution is 0.0953. The van der Waals surface area contributed by atoms with Gasteiger partial charge < -0.3 is 14.6 Å². The summed E-state index contributed by atoms with van der Waals surface area (Å²) >= 11 is 0. The number of nitrogens with zero attached hydrogens (tertiary/aromatic N) is 2. The molecule has 164 valence electrons. The Hall–Kier alpha value is -3.60. The van der Waals surface area contributed by atoms with Crippen LogP contribution in [0, 0.1) is 20.8 Å². The number of aryl methyl sites for hydroxylation is 3. The number of fused-ring (bicyclic) bond motifs is 1. The van der Waals surface area contributed by atoms with E-state index in [9.17, 15) is 4.79 Å². The molecule has 0 unspecified atom stereocenters. The highest BCUT2D eigenvalue weighted by atomic mass is 16.5. The third-order valence-corrected chi connectivity index (χ3v) is 5.55. The van der Waals surface area contributed by atoms with Crippen LogP contribution in [0.4, 0.5) is 0 Å². The van der Waals surface area contributed by atoms with E-state index in [4.69, 9.17) is 9.72 Å². The van der Waals surface area contributed by atoms with Gasteiger partial charge in [0.05, 0.1) is 17.6 Å². The zero-order valence-electron chi connectivity index (χ0n) is 18.9. The van der Waals surface area contributed by atoms with Gasteiger partial charge in [-0.1, -0.05) is 47.5 Å². The molecule has 1 aromatic heterocycles. The van der Waals surface area contributed by atoms with Crippen molar-refractivity contribution in [1.82, 2.24) is 14.9 Å². The van der Waals surface area contributed by atoms with Crippen LogP contribution in [0.5, 0.6) is 5.75 Å². The number of aromatic nitrogens is 2. The molecule has 4 aromatic rings. The van der Waals surface area contributed by atoms with Crippen LogP contribution in [0.25, 0.3) is 11.0 Å². The molecule has 0 bridgehead atoms. The van der Waals surface area contributed by atoms with Crippen molar-refractivity contribution in [2.45, 2.75) is 33.7 Å². The van der Waals surface area contributed by atoms with Gasteiger partial charge in [-0.15, -0.1) is 0 Å². The lowest BCUT2D eigenvalue weighted by atomic mass is 10.1. The second-order valence-corrected chi connectivity index (χ2v) is 8.16. The van der Waals surface area contributed by atoms with Crippen molar-refractivity contribution in [3.63, 3.8) is 0 Å². The molecule has 1 N–H and O–H groups in total. The van der Waals surface area contributed by atoms with Crippen LogP contribution in [0.1, 0.15) is 32.9 Å². The van der Waals surface area contributed by atoms with Crippen LogP contribution in [0.3, 0.4) is 0 Å². The fourth-order valence-corrected chi connectivity index (χ4v) is 3.95. The third kappa shape index (κ3) is 4.99. The molecule has 0 aliphatic rings. The SMILES string of the molecule is Cc1cccc(C(=O)NCCc2nc3ccccc3n2CCOc2ccc(C)cc2C)c1. The molecule has 0 aliphatic heterocycles. The molecule has 5 heteroatoms. The van der Waals surface area contributed by atoms with Crippen LogP contribution in [-0.2, 0) is 13.0 Å². The number of imidazole rings is 1. The highest BCUT2D eigenvalue weighted by Crippen LogP contribution is 2.20. The van der Waals surface area contributed by atoms with E-state index in [0.29, 0.717) is 31.7 Å². The fourth-order valence-electron chi connectivity index (χ4n) is 3.95. The monoisotopic (exact) mass is 427 g/mol. The van der Waals surface area contributed by atoms with E-state index < -0.39 is 0 Å². The Morgan fingerprint density at radius 3 is 2.59 bits per heavy atom. The number of para-hydroxylation sites is 2. The second-order valence-electron chi connectivity index (χ2n) is 8.16. The number of carbonyl (C=O) groups excluding carboxylic acids is 1. The average Bonchev–Trinajstić information content (AvgIpc) is 3.12. The summed E-state index contributed by atoms with van der Waals surface area (Å²) in [6.07, 6.45) is 0.649. The van der Waals surface area contributed by atoms with E-state index in [0.717, 1.165) is 33.7 Å². The first-order chi connectivity index (χ1) is 15.5. The van der Waals surface area contributed by atoms with Gasteiger partial charge in [0.1, 0.15) is 18.2 Å². The quantitative estimate of drug-likeness (QED) is 0.430. The van der Waals surface area contributed by atoms with Gasteiger partial charge in [0, 0.05) is 18.5 Å². The smallest absolute Gasteiger partial charge is 0.251 e. The Morgan fingerprint density at radius 2 is 1.78 bits per heavy atom. The Labute approximate surface area is 189 Å². The summed E-state index contributed by atoms with van der Waals surface area (Å²) < 4.78 is 8.25. The number of rotatable bonds is 8. The maximum Gasteiger partial charge on any atom is 0.251 e. The summed E-state index contributed by atoms with van der Waals surface area (Å²) in [4.78, 5) is 17.3. The maximum atomic E-state index is 12.5. The van der Waals surface area contributed by atoms with Gasteiger partial charge in [0.2, 0.25) is 0 Å². The Bertz CT molecular complexity index is 1240. The molecular formula is C27H29N3O2. The molecule has 5 nitrogen and oxygen atoms in total. The highest BCUT2D eigenvalue weighted by molar-refractivity contribution is 5.94. The van der Waals surface area contributed by atoms with E-state index in [1.165, 1.54) is 5.56 Å². The fraction of sp³-hybridized carbons (Fsp3) is 0.259.